The number of nitrogens with one attached hydrogen (secondary N) is 1. The van der Waals surface area contributed by atoms with Crippen LogP contribution in [0.3, 0.4) is 0 Å². The molecule has 120 valence electrons. The van der Waals surface area contributed by atoms with Gasteiger partial charge in [-0.1, -0.05) is 44.2 Å². The van der Waals surface area contributed by atoms with Crippen LogP contribution in [0, 0.1) is 5.92 Å². The molecule has 1 aromatic rings. The largest absolute Gasteiger partial charge is 0.379 e. The zero-order chi connectivity index (χ0) is 15.7. The molecule has 0 aromatic heterocycles. The Hall–Kier alpha value is -0.900. The zero-order valence-corrected chi connectivity index (χ0v) is 14.2. The Morgan fingerprint density at radius 3 is 2.33 bits per heavy atom. The SMILES string of the molecule is COC(C)(C)CCOC(CNCC(C)C)c1ccccc1. The summed E-state index contributed by atoms with van der Waals surface area (Å²) in [6, 6.07) is 10.4. The summed E-state index contributed by atoms with van der Waals surface area (Å²) < 4.78 is 11.5. The van der Waals surface area contributed by atoms with Gasteiger partial charge in [0.1, 0.15) is 0 Å². The zero-order valence-electron chi connectivity index (χ0n) is 14.2. The highest BCUT2D eigenvalue weighted by Crippen LogP contribution is 2.19. The highest BCUT2D eigenvalue weighted by atomic mass is 16.5. The minimum atomic E-state index is -0.132. The molecule has 0 aliphatic rings. The molecule has 0 saturated heterocycles. The van der Waals surface area contributed by atoms with Crippen LogP contribution in [0.1, 0.15) is 45.8 Å². The lowest BCUT2D eigenvalue weighted by molar-refractivity contribution is -0.0272. The monoisotopic (exact) mass is 293 g/mol. The van der Waals surface area contributed by atoms with Crippen molar-refractivity contribution < 1.29 is 9.47 Å². The molecule has 1 rings (SSSR count). The summed E-state index contributed by atoms with van der Waals surface area (Å²) in [5, 5.41) is 3.49. The van der Waals surface area contributed by atoms with Gasteiger partial charge < -0.3 is 14.8 Å². The average Bonchev–Trinajstić information content (AvgIpc) is 2.46. The summed E-state index contributed by atoms with van der Waals surface area (Å²) in [6.45, 7) is 11.2. The second-order valence-corrected chi connectivity index (χ2v) is 6.54. The van der Waals surface area contributed by atoms with E-state index in [9.17, 15) is 0 Å². The summed E-state index contributed by atoms with van der Waals surface area (Å²) in [4.78, 5) is 0. The van der Waals surface area contributed by atoms with E-state index in [-0.39, 0.29) is 11.7 Å². The van der Waals surface area contributed by atoms with E-state index in [0.717, 1.165) is 19.5 Å². The van der Waals surface area contributed by atoms with Crippen molar-refractivity contribution in [3.63, 3.8) is 0 Å². The predicted molar refractivity (Wildman–Crippen MR) is 88.5 cm³/mol. The molecule has 0 bridgehead atoms. The van der Waals surface area contributed by atoms with Crippen LogP contribution >= 0.6 is 0 Å². The molecule has 3 nitrogen and oxygen atoms in total. The summed E-state index contributed by atoms with van der Waals surface area (Å²) >= 11 is 0. The molecule has 1 N–H and O–H groups in total. The van der Waals surface area contributed by atoms with Gasteiger partial charge in [0.15, 0.2) is 0 Å². The van der Waals surface area contributed by atoms with Crippen LogP contribution in [0.2, 0.25) is 0 Å². The second kappa shape index (κ2) is 9.19. The van der Waals surface area contributed by atoms with Crippen molar-refractivity contribution in [1.82, 2.24) is 5.32 Å². The van der Waals surface area contributed by atoms with Gasteiger partial charge in [-0.25, -0.2) is 0 Å². The average molecular weight is 293 g/mol. The Bertz CT molecular complexity index is 376. The van der Waals surface area contributed by atoms with E-state index >= 15 is 0 Å². The van der Waals surface area contributed by atoms with Crippen LogP contribution < -0.4 is 5.32 Å². The van der Waals surface area contributed by atoms with Gasteiger partial charge in [0, 0.05) is 13.7 Å². The predicted octanol–water partition coefficient (Wildman–Crippen LogP) is 3.81. The lowest BCUT2D eigenvalue weighted by Gasteiger charge is -2.25. The molecule has 1 atom stereocenters. The van der Waals surface area contributed by atoms with Gasteiger partial charge in [-0.15, -0.1) is 0 Å². The van der Waals surface area contributed by atoms with Crippen LogP contribution in [0.15, 0.2) is 30.3 Å². The molecule has 0 spiro atoms. The molecule has 0 aliphatic carbocycles. The molecule has 3 heteroatoms. The lowest BCUT2D eigenvalue weighted by atomic mass is 10.1. The fourth-order valence-electron chi connectivity index (χ4n) is 1.99. The number of ether oxygens (including phenoxy) is 2. The summed E-state index contributed by atoms with van der Waals surface area (Å²) in [5.74, 6) is 0.647. The third-order valence-electron chi connectivity index (χ3n) is 3.63. The lowest BCUT2D eigenvalue weighted by Crippen LogP contribution is -2.29. The number of hydrogen-bond acceptors (Lipinski definition) is 3. The van der Waals surface area contributed by atoms with Crippen LogP contribution in [-0.4, -0.2) is 32.4 Å². The first-order valence-electron chi connectivity index (χ1n) is 7.87. The van der Waals surface area contributed by atoms with Crippen molar-refractivity contribution in [3.05, 3.63) is 35.9 Å². The fraction of sp³-hybridized carbons (Fsp3) is 0.667. The van der Waals surface area contributed by atoms with Gasteiger partial charge in [-0.05, 0) is 38.3 Å². The minimum absolute atomic E-state index is 0.0950. The van der Waals surface area contributed by atoms with Gasteiger partial charge in [-0.3, -0.25) is 0 Å². The number of benzene rings is 1. The second-order valence-electron chi connectivity index (χ2n) is 6.54. The molecule has 0 saturated carbocycles. The molecule has 21 heavy (non-hydrogen) atoms. The van der Waals surface area contributed by atoms with Crippen molar-refractivity contribution in [2.75, 3.05) is 26.8 Å². The highest BCUT2D eigenvalue weighted by Gasteiger charge is 2.18. The summed E-state index contributed by atoms with van der Waals surface area (Å²) in [5.41, 5.74) is 1.09. The van der Waals surface area contributed by atoms with Gasteiger partial charge in [-0.2, -0.15) is 0 Å². The van der Waals surface area contributed by atoms with Crippen molar-refractivity contribution in [3.8, 4) is 0 Å². The van der Waals surface area contributed by atoms with Crippen molar-refractivity contribution in [2.24, 2.45) is 5.92 Å². The van der Waals surface area contributed by atoms with E-state index in [1.165, 1.54) is 5.56 Å². The van der Waals surface area contributed by atoms with E-state index in [2.05, 4.69) is 57.3 Å². The molecule has 0 radical (unpaired) electrons. The Balaban J connectivity index is 2.52. The molecule has 0 amide bonds. The maximum absolute atomic E-state index is 6.11. The van der Waals surface area contributed by atoms with Gasteiger partial charge in [0.25, 0.3) is 0 Å². The fourth-order valence-corrected chi connectivity index (χ4v) is 1.99. The van der Waals surface area contributed by atoms with E-state index in [4.69, 9.17) is 9.47 Å². The van der Waals surface area contributed by atoms with Crippen LogP contribution in [-0.2, 0) is 9.47 Å². The molecule has 1 aromatic carbocycles. The summed E-state index contributed by atoms with van der Waals surface area (Å²) in [7, 11) is 1.75. The Morgan fingerprint density at radius 2 is 1.76 bits per heavy atom. The smallest absolute Gasteiger partial charge is 0.0949 e. The van der Waals surface area contributed by atoms with Crippen molar-refractivity contribution in [1.29, 1.82) is 0 Å². The quantitative estimate of drug-likeness (QED) is 0.711. The minimum Gasteiger partial charge on any atom is -0.379 e. The standard InChI is InChI=1S/C18H31NO2/c1-15(2)13-19-14-17(16-9-7-6-8-10-16)21-12-11-18(3,4)20-5/h6-10,15,17,19H,11-14H2,1-5H3. The normalized spacial score (nSPS) is 13.6. The third kappa shape index (κ3) is 7.60. The number of methoxy groups -OCH3 is 1. The maximum Gasteiger partial charge on any atom is 0.0949 e. The highest BCUT2D eigenvalue weighted by molar-refractivity contribution is 5.17. The number of rotatable bonds is 10. The van der Waals surface area contributed by atoms with Gasteiger partial charge in [0.05, 0.1) is 18.3 Å². The topological polar surface area (TPSA) is 30.5 Å². The van der Waals surface area contributed by atoms with E-state index in [1.54, 1.807) is 7.11 Å². The van der Waals surface area contributed by atoms with Crippen LogP contribution in [0.25, 0.3) is 0 Å². The van der Waals surface area contributed by atoms with E-state index in [0.29, 0.717) is 12.5 Å². The maximum atomic E-state index is 6.11. The van der Waals surface area contributed by atoms with Crippen molar-refractivity contribution >= 4 is 0 Å². The molecule has 0 aliphatic heterocycles. The van der Waals surface area contributed by atoms with Crippen LogP contribution in [0.5, 0.6) is 0 Å². The molecular formula is C18H31NO2. The van der Waals surface area contributed by atoms with E-state index < -0.39 is 0 Å². The van der Waals surface area contributed by atoms with Crippen LogP contribution in [0.4, 0.5) is 0 Å². The number of hydrogen-bond donors (Lipinski definition) is 1. The van der Waals surface area contributed by atoms with Crippen molar-refractivity contribution in [2.45, 2.75) is 45.8 Å². The molecular weight excluding hydrogens is 262 g/mol. The first-order chi connectivity index (χ1) is 9.94. The third-order valence-corrected chi connectivity index (χ3v) is 3.63. The molecule has 0 heterocycles. The van der Waals surface area contributed by atoms with E-state index in [1.807, 2.05) is 6.07 Å². The summed E-state index contributed by atoms with van der Waals surface area (Å²) in [6.07, 6.45) is 0.981. The first kappa shape index (κ1) is 18.1. The Kier molecular flexibility index (Phi) is 7.94. The Morgan fingerprint density at radius 1 is 1.10 bits per heavy atom. The first-order valence-corrected chi connectivity index (χ1v) is 7.87. The molecule has 1 unspecified atom stereocenters. The molecule has 0 fully saturated rings. The Labute approximate surface area is 130 Å². The van der Waals surface area contributed by atoms with Gasteiger partial charge >= 0.3 is 0 Å². The van der Waals surface area contributed by atoms with Gasteiger partial charge in [0.2, 0.25) is 0 Å².